The minimum atomic E-state index is -3.23. The maximum atomic E-state index is 12.1. The molecule has 0 bridgehead atoms. The van der Waals surface area contributed by atoms with Crippen molar-refractivity contribution in [3.05, 3.63) is 35.9 Å². The normalized spacial score (nSPS) is 19.0. The molecule has 1 aliphatic carbocycles. The topological polar surface area (TPSA) is 85.8 Å². The van der Waals surface area contributed by atoms with Gasteiger partial charge in [0.25, 0.3) is 0 Å². The SMILES string of the molecule is CN=C(NCCS(=O)(=O)NCC1CCC1)NC1CCN(Cc2ccccc2)CC1.I. The van der Waals surface area contributed by atoms with E-state index in [2.05, 4.69) is 49.5 Å². The zero-order valence-corrected chi connectivity index (χ0v) is 21.0. The van der Waals surface area contributed by atoms with Crippen LogP contribution in [-0.4, -0.2) is 64.3 Å². The molecule has 1 aromatic rings. The van der Waals surface area contributed by atoms with Gasteiger partial charge in [0.2, 0.25) is 10.0 Å². The molecule has 3 rings (SSSR count). The third-order valence-electron chi connectivity index (χ3n) is 5.88. The summed E-state index contributed by atoms with van der Waals surface area (Å²) in [7, 11) is -1.50. The van der Waals surface area contributed by atoms with Crippen LogP contribution in [0.25, 0.3) is 0 Å². The zero-order valence-electron chi connectivity index (χ0n) is 17.8. The minimum Gasteiger partial charge on any atom is -0.355 e. The van der Waals surface area contributed by atoms with Crippen LogP contribution >= 0.6 is 24.0 Å². The summed E-state index contributed by atoms with van der Waals surface area (Å²) >= 11 is 0. The number of sulfonamides is 1. The Morgan fingerprint density at radius 3 is 2.43 bits per heavy atom. The molecule has 3 N–H and O–H groups in total. The number of guanidine groups is 1. The summed E-state index contributed by atoms with van der Waals surface area (Å²) in [5.41, 5.74) is 1.35. The van der Waals surface area contributed by atoms with E-state index in [1.165, 1.54) is 12.0 Å². The molecule has 0 spiro atoms. The highest BCUT2D eigenvalue weighted by Gasteiger charge is 2.21. The zero-order chi connectivity index (χ0) is 20.5. The molecule has 9 heteroatoms. The minimum absolute atomic E-state index is 0. The number of hydrogen-bond acceptors (Lipinski definition) is 4. The molecule has 2 fully saturated rings. The Morgan fingerprint density at radius 2 is 1.83 bits per heavy atom. The molecule has 1 aliphatic heterocycles. The van der Waals surface area contributed by atoms with Crippen LogP contribution < -0.4 is 15.4 Å². The number of nitrogens with zero attached hydrogens (tertiary/aromatic N) is 2. The highest BCUT2D eigenvalue weighted by Crippen LogP contribution is 2.25. The van der Waals surface area contributed by atoms with E-state index in [0.717, 1.165) is 45.3 Å². The molecule has 0 radical (unpaired) electrons. The predicted molar refractivity (Wildman–Crippen MR) is 134 cm³/mol. The van der Waals surface area contributed by atoms with Gasteiger partial charge in [-0.15, -0.1) is 24.0 Å². The fraction of sp³-hybridized carbons (Fsp3) is 0.667. The summed E-state index contributed by atoms with van der Waals surface area (Å²) in [5, 5.41) is 6.59. The summed E-state index contributed by atoms with van der Waals surface area (Å²) in [6.07, 6.45) is 5.60. The maximum absolute atomic E-state index is 12.1. The van der Waals surface area contributed by atoms with Gasteiger partial charge in [-0.2, -0.15) is 0 Å². The van der Waals surface area contributed by atoms with E-state index in [1.807, 2.05) is 6.07 Å². The second-order valence-corrected chi connectivity index (χ2v) is 10.1. The van der Waals surface area contributed by atoms with E-state index in [1.54, 1.807) is 7.05 Å². The lowest BCUT2D eigenvalue weighted by atomic mass is 9.86. The molecular weight excluding hydrogens is 513 g/mol. The standard InChI is InChI=1S/C21H35N5O2S.HI/c1-22-21(23-12-15-29(27,28)24-16-18-8-5-9-18)25-20-10-13-26(14-11-20)17-19-6-3-2-4-7-19;/h2-4,6-7,18,20,24H,5,8-17H2,1H3,(H2,22,23,25);1H. The summed E-state index contributed by atoms with van der Waals surface area (Å²) in [5.74, 6) is 1.27. The number of hydrogen-bond donors (Lipinski definition) is 3. The number of nitrogens with one attached hydrogen (secondary N) is 3. The van der Waals surface area contributed by atoms with Crippen LogP contribution in [0.3, 0.4) is 0 Å². The van der Waals surface area contributed by atoms with Gasteiger partial charge in [-0.3, -0.25) is 9.89 Å². The summed E-state index contributed by atoms with van der Waals surface area (Å²) in [6, 6.07) is 10.9. The fourth-order valence-corrected chi connectivity index (χ4v) is 4.79. The van der Waals surface area contributed by atoms with E-state index in [4.69, 9.17) is 0 Å². The summed E-state index contributed by atoms with van der Waals surface area (Å²) < 4.78 is 26.9. The summed E-state index contributed by atoms with van der Waals surface area (Å²) in [4.78, 5) is 6.73. The molecule has 1 aromatic carbocycles. The highest BCUT2D eigenvalue weighted by atomic mass is 127. The first-order chi connectivity index (χ1) is 14.0. The Morgan fingerprint density at radius 1 is 1.13 bits per heavy atom. The van der Waals surface area contributed by atoms with Crippen molar-refractivity contribution in [2.24, 2.45) is 10.9 Å². The average Bonchev–Trinajstić information content (AvgIpc) is 2.68. The van der Waals surface area contributed by atoms with Gasteiger partial charge < -0.3 is 10.6 Å². The average molecular weight is 550 g/mol. The van der Waals surface area contributed by atoms with Crippen LogP contribution in [0, 0.1) is 5.92 Å². The number of piperidine rings is 1. The number of rotatable bonds is 9. The lowest BCUT2D eigenvalue weighted by molar-refractivity contribution is 0.198. The van der Waals surface area contributed by atoms with Crippen molar-refractivity contribution < 1.29 is 8.42 Å². The molecule has 0 aromatic heterocycles. The third-order valence-corrected chi connectivity index (χ3v) is 7.23. The van der Waals surface area contributed by atoms with Crippen LogP contribution in [0.4, 0.5) is 0 Å². The predicted octanol–water partition coefficient (Wildman–Crippen LogP) is 2.15. The quantitative estimate of drug-likeness (QED) is 0.250. The second kappa shape index (κ2) is 12.8. The van der Waals surface area contributed by atoms with Crippen molar-refractivity contribution in [1.82, 2.24) is 20.3 Å². The number of benzene rings is 1. The van der Waals surface area contributed by atoms with Crippen LogP contribution in [0.2, 0.25) is 0 Å². The first-order valence-corrected chi connectivity index (χ1v) is 12.4. The molecule has 170 valence electrons. The van der Waals surface area contributed by atoms with Gasteiger partial charge in [-0.25, -0.2) is 13.1 Å². The van der Waals surface area contributed by atoms with Crippen molar-refractivity contribution in [2.45, 2.75) is 44.7 Å². The van der Waals surface area contributed by atoms with Crippen LogP contribution in [0.5, 0.6) is 0 Å². The van der Waals surface area contributed by atoms with Crippen LogP contribution in [-0.2, 0) is 16.6 Å². The van der Waals surface area contributed by atoms with Crippen molar-refractivity contribution >= 4 is 40.0 Å². The molecular formula is C21H36IN5O2S. The van der Waals surface area contributed by atoms with E-state index >= 15 is 0 Å². The molecule has 1 heterocycles. The number of halogens is 1. The van der Waals surface area contributed by atoms with Gasteiger partial charge in [0, 0.05) is 45.8 Å². The Hall–Kier alpha value is -0.910. The van der Waals surface area contributed by atoms with Crippen LogP contribution in [0.1, 0.15) is 37.7 Å². The Labute approximate surface area is 198 Å². The van der Waals surface area contributed by atoms with E-state index < -0.39 is 10.0 Å². The first-order valence-electron chi connectivity index (χ1n) is 10.7. The van der Waals surface area contributed by atoms with Crippen molar-refractivity contribution in [2.75, 3.05) is 39.0 Å². The van der Waals surface area contributed by atoms with E-state index in [9.17, 15) is 8.42 Å². The van der Waals surface area contributed by atoms with Gasteiger partial charge in [-0.1, -0.05) is 36.8 Å². The van der Waals surface area contributed by atoms with E-state index in [0.29, 0.717) is 31.0 Å². The lowest BCUT2D eigenvalue weighted by Crippen LogP contribution is -2.49. The Balaban J connectivity index is 0.00000320. The molecule has 7 nitrogen and oxygen atoms in total. The lowest BCUT2D eigenvalue weighted by Gasteiger charge is -2.33. The first kappa shape index (κ1) is 25.4. The smallest absolute Gasteiger partial charge is 0.213 e. The van der Waals surface area contributed by atoms with Gasteiger partial charge in [-0.05, 0) is 37.2 Å². The molecule has 2 aliphatic rings. The van der Waals surface area contributed by atoms with Gasteiger partial charge in [0.1, 0.15) is 0 Å². The largest absolute Gasteiger partial charge is 0.355 e. The van der Waals surface area contributed by atoms with Gasteiger partial charge in [0.15, 0.2) is 5.96 Å². The van der Waals surface area contributed by atoms with Crippen molar-refractivity contribution in [1.29, 1.82) is 0 Å². The maximum Gasteiger partial charge on any atom is 0.213 e. The van der Waals surface area contributed by atoms with Crippen molar-refractivity contribution in [3.63, 3.8) is 0 Å². The molecule has 30 heavy (non-hydrogen) atoms. The molecule has 0 unspecified atom stereocenters. The molecule has 0 atom stereocenters. The Bertz CT molecular complexity index is 748. The summed E-state index contributed by atoms with van der Waals surface area (Å²) in [6.45, 7) is 4.02. The van der Waals surface area contributed by atoms with Crippen LogP contribution in [0.15, 0.2) is 35.3 Å². The third kappa shape index (κ3) is 8.68. The highest BCUT2D eigenvalue weighted by molar-refractivity contribution is 14.0. The molecule has 0 amide bonds. The second-order valence-electron chi connectivity index (χ2n) is 8.14. The van der Waals surface area contributed by atoms with Crippen molar-refractivity contribution in [3.8, 4) is 0 Å². The number of aliphatic imine (C=N–C) groups is 1. The number of likely N-dealkylation sites (tertiary alicyclic amines) is 1. The van der Waals surface area contributed by atoms with Gasteiger partial charge in [0.05, 0.1) is 5.75 Å². The molecule has 1 saturated heterocycles. The molecule has 1 saturated carbocycles. The Kier molecular flexibility index (Phi) is 10.8. The fourth-order valence-electron chi connectivity index (χ4n) is 3.78. The monoisotopic (exact) mass is 549 g/mol. The van der Waals surface area contributed by atoms with Gasteiger partial charge >= 0.3 is 0 Å². The van der Waals surface area contributed by atoms with E-state index in [-0.39, 0.29) is 29.7 Å².